The van der Waals surface area contributed by atoms with Crippen molar-refractivity contribution < 1.29 is 0 Å². The average molecular weight is 332 g/mol. The highest BCUT2D eigenvalue weighted by Gasteiger charge is 2.09. The summed E-state index contributed by atoms with van der Waals surface area (Å²) >= 11 is 6.78. The highest BCUT2D eigenvalue weighted by atomic mass is 79.9. The topological polar surface area (TPSA) is 56.7 Å². The van der Waals surface area contributed by atoms with E-state index >= 15 is 0 Å². The third-order valence-electron chi connectivity index (χ3n) is 1.98. The number of aromatic nitrogens is 3. The van der Waals surface area contributed by atoms with E-state index in [-0.39, 0.29) is 0 Å². The number of hydrogen-bond acceptors (Lipinski definition) is 3. The molecule has 0 saturated carbocycles. The number of rotatable bonds is 1. The number of anilines is 1. The Balaban J connectivity index is 2.59. The van der Waals surface area contributed by atoms with Crippen LogP contribution < -0.4 is 5.73 Å². The monoisotopic (exact) mass is 330 g/mol. The van der Waals surface area contributed by atoms with E-state index in [9.17, 15) is 0 Å². The Morgan fingerprint density at radius 3 is 2.73 bits per heavy atom. The van der Waals surface area contributed by atoms with Gasteiger partial charge in [0, 0.05) is 12.4 Å². The fourth-order valence-electron chi connectivity index (χ4n) is 1.16. The third kappa shape index (κ3) is 1.91. The number of halogens is 2. The summed E-state index contributed by atoms with van der Waals surface area (Å²) in [5.74, 6) is 1.18. The van der Waals surface area contributed by atoms with Gasteiger partial charge in [-0.25, -0.2) is 9.67 Å². The number of pyridine rings is 1. The number of nitrogens with two attached hydrogens (primary N) is 1. The molecule has 2 aromatic rings. The van der Waals surface area contributed by atoms with E-state index in [0.29, 0.717) is 5.82 Å². The molecule has 2 N–H and O–H groups in total. The summed E-state index contributed by atoms with van der Waals surface area (Å²) in [4.78, 5) is 4.24. The van der Waals surface area contributed by atoms with Crippen molar-refractivity contribution in [3.8, 4) is 5.82 Å². The Kier molecular flexibility index (Phi) is 2.79. The normalized spacial score (nSPS) is 10.6. The van der Waals surface area contributed by atoms with Crippen LogP contribution in [-0.4, -0.2) is 14.8 Å². The predicted octanol–water partition coefficient (Wildman–Crippen LogP) is 2.68. The minimum absolute atomic E-state index is 0.449. The molecule has 0 aliphatic rings. The lowest BCUT2D eigenvalue weighted by atomic mass is 10.3. The van der Waals surface area contributed by atoms with Crippen molar-refractivity contribution >= 4 is 37.7 Å². The summed E-state index contributed by atoms with van der Waals surface area (Å²) in [7, 11) is 0. The van der Waals surface area contributed by atoms with Crippen LogP contribution in [0, 0.1) is 6.92 Å². The minimum atomic E-state index is 0.449. The molecule has 0 atom stereocenters. The Morgan fingerprint density at radius 2 is 2.13 bits per heavy atom. The first-order valence-electron chi connectivity index (χ1n) is 4.21. The predicted molar refractivity (Wildman–Crippen MR) is 65.9 cm³/mol. The fraction of sp³-hybridized carbons (Fsp3) is 0.111. The van der Waals surface area contributed by atoms with Crippen LogP contribution in [-0.2, 0) is 0 Å². The Hall–Kier alpha value is -0.880. The van der Waals surface area contributed by atoms with Gasteiger partial charge in [0.2, 0.25) is 0 Å². The fourth-order valence-corrected chi connectivity index (χ4v) is 1.85. The molecule has 0 fully saturated rings. The third-order valence-corrected chi connectivity index (χ3v) is 3.57. The van der Waals surface area contributed by atoms with E-state index in [4.69, 9.17) is 5.73 Å². The maximum atomic E-state index is 5.64. The smallest absolute Gasteiger partial charge is 0.167 e. The molecule has 4 nitrogen and oxygen atoms in total. The molecule has 78 valence electrons. The largest absolute Gasteiger partial charge is 0.381 e. The molecule has 0 saturated heterocycles. The molecular weight excluding hydrogens is 324 g/mol. The number of nitrogen functional groups attached to an aromatic ring is 1. The molecular formula is C9H8Br2N4. The molecule has 0 aliphatic carbocycles. The number of aryl methyl sites for hydroxylation is 1. The molecule has 0 aliphatic heterocycles. The second kappa shape index (κ2) is 3.94. The molecule has 2 aromatic heterocycles. The maximum Gasteiger partial charge on any atom is 0.167 e. The van der Waals surface area contributed by atoms with Crippen LogP contribution in [0.2, 0.25) is 0 Å². The molecule has 0 amide bonds. The minimum Gasteiger partial charge on any atom is -0.381 e. The lowest BCUT2D eigenvalue weighted by Crippen LogP contribution is -2.01. The Bertz CT molecular complexity index is 487. The summed E-state index contributed by atoms with van der Waals surface area (Å²) in [6.07, 6.45) is 3.52. The van der Waals surface area contributed by atoms with Crippen molar-refractivity contribution in [1.29, 1.82) is 0 Å². The van der Waals surface area contributed by atoms with Crippen molar-refractivity contribution in [1.82, 2.24) is 14.8 Å². The summed E-state index contributed by atoms with van der Waals surface area (Å²) in [5.41, 5.74) is 6.75. The standard InChI is InChI=1S/C9H8Br2N4/c1-5-2-3-13-9(7(5)11)15-4-6(10)8(12)14-15/h2-4H,1H3,(H2,12,14). The van der Waals surface area contributed by atoms with Gasteiger partial charge in [-0.3, -0.25) is 0 Å². The van der Waals surface area contributed by atoms with Crippen LogP contribution in [0.5, 0.6) is 0 Å². The summed E-state index contributed by atoms with van der Waals surface area (Å²) in [6, 6.07) is 1.93. The Labute approximate surface area is 104 Å². The average Bonchev–Trinajstić information content (AvgIpc) is 2.51. The van der Waals surface area contributed by atoms with Crippen LogP contribution >= 0.6 is 31.9 Å². The van der Waals surface area contributed by atoms with E-state index in [2.05, 4.69) is 41.9 Å². The van der Waals surface area contributed by atoms with Crippen molar-refractivity contribution in [2.75, 3.05) is 5.73 Å². The van der Waals surface area contributed by atoms with Crippen LogP contribution in [0.3, 0.4) is 0 Å². The van der Waals surface area contributed by atoms with Crippen LogP contribution in [0.1, 0.15) is 5.56 Å². The van der Waals surface area contributed by atoms with Crippen molar-refractivity contribution in [3.63, 3.8) is 0 Å². The summed E-state index contributed by atoms with van der Waals surface area (Å²) in [6.45, 7) is 2.00. The van der Waals surface area contributed by atoms with Gasteiger partial charge in [0.1, 0.15) is 0 Å². The molecule has 6 heteroatoms. The lowest BCUT2D eigenvalue weighted by Gasteiger charge is -2.04. The first-order chi connectivity index (χ1) is 7.09. The van der Waals surface area contributed by atoms with Crippen LogP contribution in [0.25, 0.3) is 5.82 Å². The molecule has 0 bridgehead atoms. The lowest BCUT2D eigenvalue weighted by molar-refractivity contribution is 0.843. The number of hydrogen-bond donors (Lipinski definition) is 1. The van der Waals surface area contributed by atoms with Crippen LogP contribution in [0.4, 0.5) is 5.82 Å². The molecule has 0 aromatic carbocycles. The zero-order valence-electron chi connectivity index (χ0n) is 7.91. The summed E-state index contributed by atoms with van der Waals surface area (Å²) in [5, 5.41) is 4.14. The zero-order valence-corrected chi connectivity index (χ0v) is 11.1. The van der Waals surface area contributed by atoms with E-state index in [1.807, 2.05) is 13.0 Å². The van der Waals surface area contributed by atoms with Crippen LogP contribution in [0.15, 0.2) is 27.4 Å². The Morgan fingerprint density at radius 1 is 1.40 bits per heavy atom. The molecule has 0 radical (unpaired) electrons. The van der Waals surface area contributed by atoms with Gasteiger partial charge in [0.15, 0.2) is 11.6 Å². The van der Waals surface area contributed by atoms with Crippen molar-refractivity contribution in [2.24, 2.45) is 0 Å². The van der Waals surface area contributed by atoms with E-state index in [0.717, 1.165) is 20.3 Å². The molecule has 0 spiro atoms. The molecule has 2 rings (SSSR count). The van der Waals surface area contributed by atoms with Gasteiger partial charge in [-0.1, -0.05) is 0 Å². The first-order valence-corrected chi connectivity index (χ1v) is 5.80. The van der Waals surface area contributed by atoms with Gasteiger partial charge in [-0.05, 0) is 50.4 Å². The van der Waals surface area contributed by atoms with Crippen molar-refractivity contribution in [2.45, 2.75) is 6.92 Å². The summed E-state index contributed by atoms with van der Waals surface area (Å²) < 4.78 is 3.31. The molecule has 2 heterocycles. The molecule has 0 unspecified atom stereocenters. The maximum absolute atomic E-state index is 5.64. The van der Waals surface area contributed by atoms with Gasteiger partial charge in [0.25, 0.3) is 0 Å². The second-order valence-electron chi connectivity index (χ2n) is 3.07. The second-order valence-corrected chi connectivity index (χ2v) is 4.72. The molecule has 15 heavy (non-hydrogen) atoms. The van der Waals surface area contributed by atoms with Gasteiger partial charge in [0.05, 0.1) is 8.95 Å². The number of nitrogens with zero attached hydrogens (tertiary/aromatic N) is 3. The van der Waals surface area contributed by atoms with E-state index in [1.165, 1.54) is 0 Å². The van der Waals surface area contributed by atoms with Gasteiger partial charge in [-0.2, -0.15) is 0 Å². The van der Waals surface area contributed by atoms with Crippen molar-refractivity contribution in [3.05, 3.63) is 33.0 Å². The highest BCUT2D eigenvalue weighted by Crippen LogP contribution is 2.25. The first kappa shape index (κ1) is 10.6. The van der Waals surface area contributed by atoms with Gasteiger partial charge >= 0.3 is 0 Å². The SMILES string of the molecule is Cc1ccnc(-n2cc(Br)c(N)n2)c1Br. The quantitative estimate of drug-likeness (QED) is 0.874. The van der Waals surface area contributed by atoms with E-state index < -0.39 is 0 Å². The zero-order chi connectivity index (χ0) is 11.0. The highest BCUT2D eigenvalue weighted by molar-refractivity contribution is 9.11. The van der Waals surface area contributed by atoms with E-state index in [1.54, 1.807) is 17.1 Å². The van der Waals surface area contributed by atoms with Gasteiger partial charge in [-0.15, -0.1) is 5.10 Å². The van der Waals surface area contributed by atoms with Gasteiger partial charge < -0.3 is 5.73 Å².